The van der Waals surface area contributed by atoms with Crippen LogP contribution in [0.1, 0.15) is 37.9 Å². The fraction of sp³-hybridized carbons (Fsp3) is 0.643. The van der Waals surface area contributed by atoms with Gasteiger partial charge in [-0.2, -0.15) is 0 Å². The third-order valence-corrected chi connectivity index (χ3v) is 3.97. The summed E-state index contributed by atoms with van der Waals surface area (Å²) >= 11 is 0. The summed E-state index contributed by atoms with van der Waals surface area (Å²) < 4.78 is 0. The Morgan fingerprint density at radius 3 is 2.50 bits per heavy atom. The third-order valence-electron chi connectivity index (χ3n) is 3.97. The quantitative estimate of drug-likeness (QED) is 0.758. The van der Waals surface area contributed by atoms with Gasteiger partial charge in [0.25, 0.3) is 0 Å². The van der Waals surface area contributed by atoms with Crippen LogP contribution in [0.3, 0.4) is 0 Å². The lowest BCUT2D eigenvalue weighted by molar-refractivity contribution is 0.199. The van der Waals surface area contributed by atoms with Crippen molar-refractivity contribution in [3.8, 4) is 0 Å². The molecule has 0 saturated carbocycles. The highest BCUT2D eigenvalue weighted by molar-refractivity contribution is 5.24. The maximum Gasteiger partial charge on any atom is 0.0401 e. The Balaban J connectivity index is 2.16. The number of likely N-dealkylation sites (tertiary alicyclic amines) is 1. The van der Waals surface area contributed by atoms with Gasteiger partial charge < -0.3 is 4.90 Å². The van der Waals surface area contributed by atoms with Crippen LogP contribution in [0.15, 0.2) is 18.3 Å². The molecule has 1 aliphatic rings. The molecule has 2 heterocycles. The van der Waals surface area contributed by atoms with E-state index in [2.05, 4.69) is 49.1 Å². The van der Waals surface area contributed by atoms with Crippen LogP contribution in [0.5, 0.6) is 0 Å². The topological polar surface area (TPSA) is 16.1 Å². The van der Waals surface area contributed by atoms with Gasteiger partial charge in [-0.15, -0.1) is 0 Å². The molecule has 2 heteroatoms. The Bertz CT molecular complexity index is 334. The Kier molecular flexibility index (Phi) is 3.29. The van der Waals surface area contributed by atoms with Crippen molar-refractivity contribution in [2.75, 3.05) is 20.1 Å². The molecule has 1 aromatic heterocycles. The van der Waals surface area contributed by atoms with Crippen molar-refractivity contribution in [3.05, 3.63) is 29.6 Å². The van der Waals surface area contributed by atoms with E-state index in [9.17, 15) is 0 Å². The lowest BCUT2D eigenvalue weighted by Crippen LogP contribution is -2.38. The second-order valence-electron chi connectivity index (χ2n) is 5.26. The van der Waals surface area contributed by atoms with E-state index >= 15 is 0 Å². The normalized spacial score (nSPS) is 20.9. The first-order valence-corrected chi connectivity index (χ1v) is 6.28. The maximum atomic E-state index is 4.52. The Labute approximate surface area is 98.7 Å². The summed E-state index contributed by atoms with van der Waals surface area (Å²) in [5.74, 6) is 0. The number of pyridine rings is 1. The summed E-state index contributed by atoms with van der Waals surface area (Å²) in [4.78, 5) is 6.94. The molecule has 0 bridgehead atoms. The molecule has 2 rings (SSSR count). The van der Waals surface area contributed by atoms with Gasteiger partial charge in [0.05, 0.1) is 0 Å². The second-order valence-corrected chi connectivity index (χ2v) is 5.26. The molecule has 1 saturated heterocycles. The van der Waals surface area contributed by atoms with Crippen molar-refractivity contribution in [3.63, 3.8) is 0 Å². The molecule has 0 radical (unpaired) electrons. The van der Waals surface area contributed by atoms with Gasteiger partial charge in [0.1, 0.15) is 0 Å². The van der Waals surface area contributed by atoms with E-state index in [-0.39, 0.29) is 0 Å². The van der Waals surface area contributed by atoms with Gasteiger partial charge in [0.2, 0.25) is 0 Å². The molecule has 0 unspecified atom stereocenters. The minimum absolute atomic E-state index is 0.339. The van der Waals surface area contributed by atoms with Crippen molar-refractivity contribution in [1.29, 1.82) is 0 Å². The number of piperidine rings is 1. The van der Waals surface area contributed by atoms with Crippen molar-refractivity contribution in [1.82, 2.24) is 9.88 Å². The van der Waals surface area contributed by atoms with Crippen molar-refractivity contribution >= 4 is 0 Å². The van der Waals surface area contributed by atoms with E-state index in [0.717, 1.165) is 6.42 Å². The van der Waals surface area contributed by atoms with Crippen LogP contribution >= 0.6 is 0 Å². The average Bonchev–Trinajstić information content (AvgIpc) is 2.33. The van der Waals surface area contributed by atoms with Crippen LogP contribution in [-0.4, -0.2) is 30.0 Å². The molecule has 0 aliphatic carbocycles. The van der Waals surface area contributed by atoms with Crippen LogP contribution < -0.4 is 0 Å². The number of hydrogen-bond acceptors (Lipinski definition) is 2. The van der Waals surface area contributed by atoms with Gasteiger partial charge in [-0.25, -0.2) is 0 Å². The smallest absolute Gasteiger partial charge is 0.0401 e. The molecule has 2 nitrogen and oxygen atoms in total. The summed E-state index contributed by atoms with van der Waals surface area (Å²) in [5.41, 5.74) is 2.95. The first-order valence-electron chi connectivity index (χ1n) is 6.28. The number of hydrogen-bond donors (Lipinski definition) is 0. The van der Waals surface area contributed by atoms with E-state index < -0.39 is 0 Å². The molecule has 0 atom stereocenters. The average molecular weight is 218 g/mol. The highest BCUT2D eigenvalue weighted by Gasteiger charge is 2.30. The predicted molar refractivity (Wildman–Crippen MR) is 67.7 cm³/mol. The van der Waals surface area contributed by atoms with Crippen LogP contribution in [0.25, 0.3) is 0 Å². The minimum atomic E-state index is 0.339. The van der Waals surface area contributed by atoms with Gasteiger partial charge in [-0.05, 0) is 56.4 Å². The van der Waals surface area contributed by atoms with Gasteiger partial charge in [-0.1, -0.05) is 19.9 Å². The first kappa shape index (κ1) is 11.6. The lowest BCUT2D eigenvalue weighted by atomic mass is 9.75. The zero-order valence-corrected chi connectivity index (χ0v) is 10.7. The summed E-state index contributed by atoms with van der Waals surface area (Å²) in [6.45, 7) is 6.93. The minimum Gasteiger partial charge on any atom is -0.306 e. The number of rotatable bonds is 2. The fourth-order valence-corrected chi connectivity index (χ4v) is 2.39. The molecule has 0 N–H and O–H groups in total. The molecule has 16 heavy (non-hydrogen) atoms. The number of aromatic nitrogens is 1. The zero-order chi connectivity index (χ0) is 11.6. The van der Waals surface area contributed by atoms with Crippen LogP contribution in [0.2, 0.25) is 0 Å². The summed E-state index contributed by atoms with van der Waals surface area (Å²) in [6.07, 6.45) is 5.61. The SMILES string of the molecule is CCc1ccc(C2(C)CCN(C)CC2)cn1. The van der Waals surface area contributed by atoms with Crippen molar-refractivity contribution in [2.24, 2.45) is 0 Å². The van der Waals surface area contributed by atoms with E-state index in [1.807, 2.05) is 0 Å². The van der Waals surface area contributed by atoms with Crippen molar-refractivity contribution in [2.45, 2.75) is 38.5 Å². The molecule has 0 amide bonds. The molecule has 0 aromatic carbocycles. The summed E-state index contributed by atoms with van der Waals surface area (Å²) in [6, 6.07) is 4.45. The predicted octanol–water partition coefficient (Wildman–Crippen LogP) is 2.63. The van der Waals surface area contributed by atoms with E-state index in [1.54, 1.807) is 0 Å². The standard InChI is InChI=1S/C14H22N2/c1-4-13-6-5-12(11-15-13)14(2)7-9-16(3)10-8-14/h5-6,11H,4,7-10H2,1-3H3. The van der Waals surface area contributed by atoms with Crippen LogP contribution in [0, 0.1) is 0 Å². The zero-order valence-electron chi connectivity index (χ0n) is 10.7. The fourth-order valence-electron chi connectivity index (χ4n) is 2.39. The molecule has 1 fully saturated rings. The molecular formula is C14H22N2. The second kappa shape index (κ2) is 4.54. The Morgan fingerprint density at radius 1 is 1.31 bits per heavy atom. The molecular weight excluding hydrogens is 196 g/mol. The monoisotopic (exact) mass is 218 g/mol. The van der Waals surface area contributed by atoms with Crippen molar-refractivity contribution < 1.29 is 0 Å². The van der Waals surface area contributed by atoms with E-state index in [1.165, 1.54) is 37.2 Å². The highest BCUT2D eigenvalue weighted by atomic mass is 15.1. The largest absolute Gasteiger partial charge is 0.306 e. The van der Waals surface area contributed by atoms with Gasteiger partial charge >= 0.3 is 0 Å². The summed E-state index contributed by atoms with van der Waals surface area (Å²) in [5, 5.41) is 0. The molecule has 88 valence electrons. The molecule has 1 aromatic rings. The van der Waals surface area contributed by atoms with E-state index in [0.29, 0.717) is 5.41 Å². The highest BCUT2D eigenvalue weighted by Crippen LogP contribution is 2.34. The van der Waals surface area contributed by atoms with Gasteiger partial charge in [-0.3, -0.25) is 4.98 Å². The van der Waals surface area contributed by atoms with Gasteiger partial charge in [0, 0.05) is 11.9 Å². The number of nitrogens with zero attached hydrogens (tertiary/aromatic N) is 2. The Morgan fingerprint density at radius 2 is 2.00 bits per heavy atom. The number of aryl methyl sites for hydroxylation is 1. The van der Waals surface area contributed by atoms with Crippen LogP contribution in [0.4, 0.5) is 0 Å². The first-order chi connectivity index (χ1) is 7.64. The summed E-state index contributed by atoms with van der Waals surface area (Å²) in [7, 11) is 2.21. The maximum absolute atomic E-state index is 4.52. The lowest BCUT2D eigenvalue weighted by Gasteiger charge is -2.38. The third kappa shape index (κ3) is 2.27. The van der Waals surface area contributed by atoms with E-state index in [4.69, 9.17) is 0 Å². The van der Waals surface area contributed by atoms with Crippen LogP contribution in [-0.2, 0) is 11.8 Å². The van der Waals surface area contributed by atoms with Gasteiger partial charge in [0.15, 0.2) is 0 Å². The molecule has 1 aliphatic heterocycles. The molecule has 0 spiro atoms. The Hall–Kier alpha value is -0.890.